The van der Waals surface area contributed by atoms with Crippen LogP contribution in [0.1, 0.15) is 5.56 Å². The van der Waals surface area contributed by atoms with Gasteiger partial charge in [-0.3, -0.25) is 4.79 Å². The van der Waals surface area contributed by atoms with Crippen molar-refractivity contribution >= 4 is 31.9 Å². The highest BCUT2D eigenvalue weighted by Crippen LogP contribution is 2.19. The third-order valence-corrected chi connectivity index (χ3v) is 4.31. The van der Waals surface area contributed by atoms with Gasteiger partial charge in [0.2, 0.25) is 0 Å². The van der Waals surface area contributed by atoms with Crippen molar-refractivity contribution in [3.05, 3.63) is 85.5 Å². The van der Waals surface area contributed by atoms with Crippen LogP contribution >= 0.6 is 31.9 Å². The van der Waals surface area contributed by atoms with E-state index in [9.17, 15) is 4.79 Å². The molecule has 0 spiro atoms. The number of benzene rings is 2. The molecule has 0 saturated heterocycles. The van der Waals surface area contributed by atoms with E-state index in [1.54, 1.807) is 12.1 Å². The summed E-state index contributed by atoms with van der Waals surface area (Å²) >= 11 is 6.82. The zero-order valence-corrected chi connectivity index (χ0v) is 14.7. The summed E-state index contributed by atoms with van der Waals surface area (Å²) < 4.78 is 3.51. The molecule has 0 aliphatic rings. The van der Waals surface area contributed by atoms with Crippen LogP contribution in [0.4, 0.5) is 0 Å². The third kappa shape index (κ3) is 3.54. The zero-order chi connectivity index (χ0) is 15.5. The molecule has 0 aliphatic carbocycles. The minimum absolute atomic E-state index is 0.108. The van der Waals surface area contributed by atoms with Gasteiger partial charge in [-0.15, -0.1) is 0 Å². The predicted molar refractivity (Wildman–Crippen MR) is 94.9 cm³/mol. The molecule has 110 valence electrons. The molecular weight excluding hydrogens is 408 g/mol. The smallest absolute Gasteiger partial charge is 0.267 e. The number of nitrogens with zero attached hydrogens (tertiary/aromatic N) is 2. The second-order valence-electron chi connectivity index (χ2n) is 4.85. The molecule has 0 fully saturated rings. The average Bonchev–Trinajstić information content (AvgIpc) is 2.52. The maximum absolute atomic E-state index is 12.0. The molecule has 3 aromatic rings. The lowest BCUT2D eigenvalue weighted by atomic mass is 10.1. The fourth-order valence-electron chi connectivity index (χ4n) is 2.10. The first-order valence-electron chi connectivity index (χ1n) is 6.70. The van der Waals surface area contributed by atoms with Crippen LogP contribution < -0.4 is 5.56 Å². The van der Waals surface area contributed by atoms with Gasteiger partial charge < -0.3 is 0 Å². The molecule has 22 heavy (non-hydrogen) atoms. The Morgan fingerprint density at radius 2 is 1.41 bits per heavy atom. The topological polar surface area (TPSA) is 34.9 Å². The fourth-order valence-corrected chi connectivity index (χ4v) is 2.63. The van der Waals surface area contributed by atoms with Crippen molar-refractivity contribution in [1.29, 1.82) is 0 Å². The Hall–Kier alpha value is -1.72. The number of rotatable bonds is 3. The third-order valence-electron chi connectivity index (χ3n) is 3.25. The van der Waals surface area contributed by atoms with Crippen molar-refractivity contribution in [1.82, 2.24) is 9.78 Å². The quantitative estimate of drug-likeness (QED) is 0.627. The van der Waals surface area contributed by atoms with Crippen LogP contribution in [0.3, 0.4) is 0 Å². The summed E-state index contributed by atoms with van der Waals surface area (Å²) in [4.78, 5) is 12.0. The van der Waals surface area contributed by atoms with E-state index >= 15 is 0 Å². The van der Waals surface area contributed by atoms with Gasteiger partial charge in [0, 0.05) is 20.6 Å². The first-order valence-corrected chi connectivity index (χ1v) is 8.29. The Bertz CT molecular complexity index is 840. The molecule has 5 heteroatoms. The summed E-state index contributed by atoms with van der Waals surface area (Å²) in [5.74, 6) is 0. The molecule has 0 N–H and O–H groups in total. The van der Waals surface area contributed by atoms with Crippen LogP contribution in [-0.2, 0) is 6.54 Å². The predicted octanol–water partition coefficient (Wildman–Crippen LogP) is 4.48. The molecule has 1 heterocycles. The molecule has 0 radical (unpaired) electrons. The highest BCUT2D eigenvalue weighted by atomic mass is 79.9. The standard InChI is InChI=1S/C17H12Br2N2O/c18-14-5-1-12(2-6-14)11-21-17(22)10-9-16(20-21)13-3-7-15(19)8-4-13/h1-10H,11H2. The number of hydrogen-bond donors (Lipinski definition) is 0. The van der Waals surface area contributed by atoms with E-state index in [2.05, 4.69) is 37.0 Å². The van der Waals surface area contributed by atoms with Gasteiger partial charge in [-0.05, 0) is 35.9 Å². The van der Waals surface area contributed by atoms with Crippen molar-refractivity contribution in [2.75, 3.05) is 0 Å². The Kier molecular flexibility index (Phi) is 4.55. The van der Waals surface area contributed by atoms with Crippen LogP contribution in [-0.4, -0.2) is 9.78 Å². The fraction of sp³-hybridized carbons (Fsp3) is 0.0588. The normalized spacial score (nSPS) is 10.6. The van der Waals surface area contributed by atoms with E-state index in [4.69, 9.17) is 0 Å². The first kappa shape index (κ1) is 15.2. The molecule has 0 bridgehead atoms. The van der Waals surface area contributed by atoms with E-state index < -0.39 is 0 Å². The second kappa shape index (κ2) is 6.58. The van der Waals surface area contributed by atoms with Crippen LogP contribution in [0.2, 0.25) is 0 Å². The van der Waals surface area contributed by atoms with Gasteiger partial charge in [0.15, 0.2) is 0 Å². The molecule has 1 aromatic heterocycles. The first-order chi connectivity index (χ1) is 10.6. The molecular formula is C17H12Br2N2O. The lowest BCUT2D eigenvalue weighted by molar-refractivity contribution is 0.642. The summed E-state index contributed by atoms with van der Waals surface area (Å²) in [6, 6.07) is 19.0. The van der Waals surface area contributed by atoms with Crippen molar-refractivity contribution in [3.63, 3.8) is 0 Å². The number of halogens is 2. The van der Waals surface area contributed by atoms with Gasteiger partial charge in [0.05, 0.1) is 12.2 Å². The van der Waals surface area contributed by atoms with Crippen molar-refractivity contribution in [2.45, 2.75) is 6.54 Å². The van der Waals surface area contributed by atoms with E-state index in [1.165, 1.54) is 4.68 Å². The molecule has 2 aromatic carbocycles. The molecule has 0 unspecified atom stereocenters. The maximum Gasteiger partial charge on any atom is 0.267 e. The van der Waals surface area contributed by atoms with Crippen LogP contribution in [0.15, 0.2) is 74.4 Å². The summed E-state index contributed by atoms with van der Waals surface area (Å²) in [7, 11) is 0. The number of aromatic nitrogens is 2. The lowest BCUT2D eigenvalue weighted by Crippen LogP contribution is -2.22. The molecule has 3 rings (SSSR count). The highest BCUT2D eigenvalue weighted by molar-refractivity contribution is 9.10. The van der Waals surface area contributed by atoms with Crippen molar-refractivity contribution in [3.8, 4) is 11.3 Å². The molecule has 0 atom stereocenters. The Balaban J connectivity index is 1.94. The molecule has 0 aliphatic heterocycles. The SMILES string of the molecule is O=c1ccc(-c2ccc(Br)cc2)nn1Cc1ccc(Br)cc1. The van der Waals surface area contributed by atoms with Gasteiger partial charge in [-0.25, -0.2) is 4.68 Å². The molecule has 0 saturated carbocycles. The van der Waals surface area contributed by atoms with Gasteiger partial charge in [-0.2, -0.15) is 5.10 Å². The average molecular weight is 420 g/mol. The van der Waals surface area contributed by atoms with Crippen LogP contribution in [0, 0.1) is 0 Å². The van der Waals surface area contributed by atoms with Crippen molar-refractivity contribution < 1.29 is 0 Å². The second-order valence-corrected chi connectivity index (χ2v) is 6.68. The van der Waals surface area contributed by atoms with E-state index in [0.717, 1.165) is 25.8 Å². The molecule has 3 nitrogen and oxygen atoms in total. The highest BCUT2D eigenvalue weighted by Gasteiger charge is 2.04. The minimum atomic E-state index is -0.108. The van der Waals surface area contributed by atoms with Crippen molar-refractivity contribution in [2.24, 2.45) is 0 Å². The van der Waals surface area contributed by atoms with Gasteiger partial charge in [0.1, 0.15) is 0 Å². The Morgan fingerprint density at radius 1 is 0.818 bits per heavy atom. The minimum Gasteiger partial charge on any atom is -0.268 e. The Labute approximate surface area is 144 Å². The summed E-state index contributed by atoms with van der Waals surface area (Å²) in [5.41, 5.74) is 2.69. The summed E-state index contributed by atoms with van der Waals surface area (Å²) in [5, 5.41) is 4.47. The largest absolute Gasteiger partial charge is 0.268 e. The Morgan fingerprint density at radius 3 is 2.05 bits per heavy atom. The van der Waals surface area contributed by atoms with Crippen LogP contribution in [0.25, 0.3) is 11.3 Å². The summed E-state index contributed by atoms with van der Waals surface area (Å²) in [6.07, 6.45) is 0. The summed E-state index contributed by atoms with van der Waals surface area (Å²) in [6.45, 7) is 0.455. The molecule has 0 amide bonds. The van der Waals surface area contributed by atoms with Gasteiger partial charge >= 0.3 is 0 Å². The zero-order valence-electron chi connectivity index (χ0n) is 11.5. The van der Waals surface area contributed by atoms with Gasteiger partial charge in [0.25, 0.3) is 5.56 Å². The lowest BCUT2D eigenvalue weighted by Gasteiger charge is -2.07. The van der Waals surface area contributed by atoms with E-state index in [0.29, 0.717) is 6.54 Å². The van der Waals surface area contributed by atoms with E-state index in [1.807, 2.05) is 48.5 Å². The maximum atomic E-state index is 12.0. The number of hydrogen-bond acceptors (Lipinski definition) is 2. The monoisotopic (exact) mass is 418 g/mol. The van der Waals surface area contributed by atoms with E-state index in [-0.39, 0.29) is 5.56 Å². The van der Waals surface area contributed by atoms with Gasteiger partial charge in [-0.1, -0.05) is 56.1 Å². The van der Waals surface area contributed by atoms with Crippen LogP contribution in [0.5, 0.6) is 0 Å².